The maximum atomic E-state index is 12.6. The Morgan fingerprint density at radius 1 is 1.20 bits per heavy atom. The van der Waals surface area contributed by atoms with E-state index in [2.05, 4.69) is 21.2 Å². The van der Waals surface area contributed by atoms with Crippen LogP contribution in [-0.4, -0.2) is 43.8 Å². The first kappa shape index (κ1) is 22.0. The number of halogens is 1. The molecule has 154 valence electrons. The topological polar surface area (TPSA) is 107 Å². The van der Waals surface area contributed by atoms with Gasteiger partial charge in [0.05, 0.1) is 4.91 Å². The van der Waals surface area contributed by atoms with Crippen LogP contribution >= 0.6 is 39.9 Å². The number of carboxylic acids is 1. The van der Waals surface area contributed by atoms with Crippen molar-refractivity contribution in [3.05, 3.63) is 63.0 Å². The highest BCUT2D eigenvalue weighted by molar-refractivity contribution is 9.10. The summed E-state index contributed by atoms with van der Waals surface area (Å²) in [5.74, 6) is -2.38. The normalized spacial score (nSPS) is 15.0. The zero-order valence-electron chi connectivity index (χ0n) is 15.3. The number of carbonyl (C=O) groups is 3. The van der Waals surface area contributed by atoms with Gasteiger partial charge in [-0.15, -0.1) is 0 Å². The zero-order valence-corrected chi connectivity index (χ0v) is 18.5. The molecule has 7 nitrogen and oxygen atoms in total. The number of hydrogen-bond acceptors (Lipinski definition) is 6. The number of anilines is 1. The molecule has 10 heteroatoms. The van der Waals surface area contributed by atoms with Gasteiger partial charge in [-0.25, -0.2) is 4.79 Å². The smallest absolute Gasteiger partial charge is 0.339 e. The van der Waals surface area contributed by atoms with Crippen LogP contribution in [0.25, 0.3) is 6.08 Å². The Morgan fingerprint density at radius 3 is 2.57 bits per heavy atom. The second kappa shape index (κ2) is 9.41. The molecule has 1 saturated heterocycles. The summed E-state index contributed by atoms with van der Waals surface area (Å²) in [5.41, 5.74) is 0.775. The lowest BCUT2D eigenvalue weighted by Gasteiger charge is -2.14. The van der Waals surface area contributed by atoms with Gasteiger partial charge in [-0.3, -0.25) is 14.5 Å². The molecule has 0 aromatic heterocycles. The molecule has 0 spiro atoms. The van der Waals surface area contributed by atoms with Gasteiger partial charge in [-0.05, 0) is 42.0 Å². The molecule has 1 heterocycles. The van der Waals surface area contributed by atoms with Crippen molar-refractivity contribution in [1.82, 2.24) is 4.90 Å². The molecule has 1 aliphatic rings. The van der Waals surface area contributed by atoms with Crippen LogP contribution in [0.3, 0.4) is 0 Å². The van der Waals surface area contributed by atoms with E-state index in [0.29, 0.717) is 9.23 Å². The molecule has 3 N–H and O–H groups in total. The molecular formula is C20H15BrN2O5S2. The van der Waals surface area contributed by atoms with E-state index < -0.39 is 17.6 Å². The molecule has 0 unspecified atom stereocenters. The van der Waals surface area contributed by atoms with Crippen molar-refractivity contribution in [1.29, 1.82) is 0 Å². The van der Waals surface area contributed by atoms with Crippen molar-refractivity contribution < 1.29 is 24.6 Å². The Morgan fingerprint density at radius 2 is 1.90 bits per heavy atom. The lowest BCUT2D eigenvalue weighted by Crippen LogP contribution is -2.31. The first-order valence-corrected chi connectivity index (χ1v) is 10.6. The summed E-state index contributed by atoms with van der Waals surface area (Å²) < 4.78 is 1.30. The van der Waals surface area contributed by atoms with Crippen LogP contribution in [0, 0.1) is 0 Å². The average Bonchev–Trinajstić information content (AvgIpc) is 2.96. The Kier molecular flexibility index (Phi) is 6.91. The number of aromatic carboxylic acids is 1. The van der Waals surface area contributed by atoms with Gasteiger partial charge < -0.3 is 15.5 Å². The Labute approximate surface area is 189 Å². The molecule has 0 bridgehead atoms. The third-order valence-electron chi connectivity index (χ3n) is 4.11. The number of thiocarbonyl (C=S) groups is 1. The SMILES string of the molecule is O=C(CCN1C(=O)C(=Cc2ccc(Br)cc2)SC1=S)Nc1ccc(O)c(C(=O)O)c1. The first-order chi connectivity index (χ1) is 14.2. The van der Waals surface area contributed by atoms with E-state index >= 15 is 0 Å². The number of carboxylic acid groups (broad SMARTS) is 1. The summed E-state index contributed by atoms with van der Waals surface area (Å²) >= 11 is 9.80. The second-order valence-electron chi connectivity index (χ2n) is 6.22. The largest absolute Gasteiger partial charge is 0.507 e. The maximum absolute atomic E-state index is 12.6. The highest BCUT2D eigenvalue weighted by Crippen LogP contribution is 2.32. The van der Waals surface area contributed by atoms with Crippen molar-refractivity contribution >= 4 is 73.8 Å². The van der Waals surface area contributed by atoms with Crippen LogP contribution in [-0.2, 0) is 9.59 Å². The molecule has 0 radical (unpaired) electrons. The molecule has 30 heavy (non-hydrogen) atoms. The molecule has 2 aromatic carbocycles. The Hall–Kier alpha value is -2.69. The molecule has 0 aliphatic carbocycles. The number of hydrogen-bond donors (Lipinski definition) is 3. The minimum absolute atomic E-state index is 0.0265. The lowest BCUT2D eigenvalue weighted by atomic mass is 10.1. The van der Waals surface area contributed by atoms with Crippen molar-refractivity contribution in [2.75, 3.05) is 11.9 Å². The van der Waals surface area contributed by atoms with Gasteiger partial charge in [0.1, 0.15) is 15.6 Å². The molecule has 0 atom stereocenters. The van der Waals surface area contributed by atoms with Gasteiger partial charge in [-0.2, -0.15) is 0 Å². The molecular weight excluding hydrogens is 492 g/mol. The zero-order chi connectivity index (χ0) is 21.8. The average molecular weight is 507 g/mol. The van der Waals surface area contributed by atoms with E-state index in [-0.39, 0.29) is 30.1 Å². The third kappa shape index (κ3) is 5.26. The van der Waals surface area contributed by atoms with Crippen LogP contribution in [0.15, 0.2) is 51.8 Å². The molecule has 0 saturated carbocycles. The summed E-state index contributed by atoms with van der Waals surface area (Å²) in [6.45, 7) is 0.0953. The lowest BCUT2D eigenvalue weighted by molar-refractivity contribution is -0.122. The molecule has 2 amide bonds. The predicted molar refractivity (Wildman–Crippen MR) is 122 cm³/mol. The predicted octanol–water partition coefficient (Wildman–Crippen LogP) is 4.08. The molecule has 1 aliphatic heterocycles. The number of rotatable bonds is 6. The van der Waals surface area contributed by atoms with Crippen molar-refractivity contribution in [3.8, 4) is 5.75 Å². The fraction of sp³-hybridized carbons (Fsp3) is 0.100. The number of nitrogens with one attached hydrogen (secondary N) is 1. The fourth-order valence-corrected chi connectivity index (χ4v) is 4.20. The van der Waals surface area contributed by atoms with Gasteiger partial charge in [-0.1, -0.05) is 52.0 Å². The van der Waals surface area contributed by atoms with E-state index in [1.165, 1.54) is 28.8 Å². The summed E-state index contributed by atoms with van der Waals surface area (Å²) in [6, 6.07) is 11.2. The van der Waals surface area contributed by atoms with Crippen LogP contribution in [0.5, 0.6) is 5.75 Å². The van der Waals surface area contributed by atoms with E-state index in [9.17, 15) is 19.5 Å². The van der Waals surface area contributed by atoms with Crippen LogP contribution in [0.4, 0.5) is 5.69 Å². The summed E-state index contributed by atoms with van der Waals surface area (Å²) in [6.07, 6.45) is 1.72. The number of nitrogens with zero attached hydrogens (tertiary/aromatic N) is 1. The van der Waals surface area contributed by atoms with Gasteiger partial charge in [0, 0.05) is 23.1 Å². The fourth-order valence-electron chi connectivity index (χ4n) is 2.63. The van der Waals surface area contributed by atoms with Crippen molar-refractivity contribution in [2.24, 2.45) is 0 Å². The Balaban J connectivity index is 1.61. The van der Waals surface area contributed by atoms with Crippen LogP contribution in [0.1, 0.15) is 22.3 Å². The standard InChI is InChI=1S/C20H15BrN2O5S2/c21-12-3-1-11(2-4-12)9-16-18(26)23(20(29)30-16)8-7-17(25)22-13-5-6-15(24)14(10-13)19(27)28/h1-6,9-10,24H,7-8H2,(H,22,25)(H,27,28). The van der Waals surface area contributed by atoms with Crippen LogP contribution < -0.4 is 5.32 Å². The quantitative estimate of drug-likeness (QED) is 0.307. The number of thioether (sulfide) groups is 1. The molecule has 2 aromatic rings. The number of phenols is 1. The summed E-state index contributed by atoms with van der Waals surface area (Å²) in [5, 5.41) is 21.1. The van der Waals surface area contributed by atoms with E-state index in [0.717, 1.165) is 16.1 Å². The van der Waals surface area contributed by atoms with Crippen molar-refractivity contribution in [2.45, 2.75) is 6.42 Å². The number of benzene rings is 2. The van der Waals surface area contributed by atoms with Crippen molar-refractivity contribution in [3.63, 3.8) is 0 Å². The van der Waals surface area contributed by atoms with Gasteiger partial charge >= 0.3 is 5.97 Å². The Bertz CT molecular complexity index is 1070. The number of carbonyl (C=O) groups excluding carboxylic acids is 2. The van der Waals surface area contributed by atoms with Gasteiger partial charge in [0.15, 0.2) is 0 Å². The molecule has 3 rings (SSSR count). The van der Waals surface area contributed by atoms with E-state index in [4.69, 9.17) is 17.3 Å². The highest BCUT2D eigenvalue weighted by Gasteiger charge is 2.32. The maximum Gasteiger partial charge on any atom is 0.339 e. The minimum Gasteiger partial charge on any atom is -0.507 e. The monoisotopic (exact) mass is 506 g/mol. The van der Waals surface area contributed by atoms with Gasteiger partial charge in [0.2, 0.25) is 5.91 Å². The highest BCUT2D eigenvalue weighted by atomic mass is 79.9. The third-order valence-corrected chi connectivity index (χ3v) is 6.02. The summed E-state index contributed by atoms with van der Waals surface area (Å²) in [7, 11) is 0. The summed E-state index contributed by atoms with van der Waals surface area (Å²) in [4.78, 5) is 37.8. The van der Waals surface area contributed by atoms with Crippen LogP contribution in [0.2, 0.25) is 0 Å². The molecule has 1 fully saturated rings. The van der Waals surface area contributed by atoms with Gasteiger partial charge in [0.25, 0.3) is 5.91 Å². The number of aromatic hydroxyl groups is 1. The van der Waals surface area contributed by atoms with E-state index in [1.54, 1.807) is 6.08 Å². The number of amides is 2. The second-order valence-corrected chi connectivity index (χ2v) is 8.81. The minimum atomic E-state index is -1.31. The first-order valence-electron chi connectivity index (χ1n) is 8.61. The van der Waals surface area contributed by atoms with E-state index in [1.807, 2.05) is 24.3 Å².